The van der Waals surface area contributed by atoms with Crippen LogP contribution in [0, 0.1) is 13.8 Å². The fourth-order valence-corrected chi connectivity index (χ4v) is 1.61. The molecule has 1 rings (SSSR count). The smallest absolute Gasteiger partial charge is 0.140 e. The molecule has 0 atom stereocenters. The van der Waals surface area contributed by atoms with Crippen molar-refractivity contribution >= 4 is 11.6 Å². The number of hydrogen-bond acceptors (Lipinski definition) is 2. The van der Waals surface area contributed by atoms with E-state index in [-0.39, 0.29) is 13.2 Å². The lowest BCUT2D eigenvalue weighted by Crippen LogP contribution is -2.03. The van der Waals surface area contributed by atoms with Crippen LogP contribution in [0.2, 0.25) is 5.02 Å². The normalized spacial score (nSPS) is 10.2. The number of hydrogen-bond donors (Lipinski definition) is 1. The van der Waals surface area contributed by atoms with Gasteiger partial charge in [0.05, 0.1) is 11.6 Å². The maximum absolute atomic E-state index is 8.60. The van der Waals surface area contributed by atoms with Crippen LogP contribution in [-0.4, -0.2) is 18.3 Å². The molecule has 0 bridgehead atoms. The van der Waals surface area contributed by atoms with Crippen LogP contribution in [0.3, 0.4) is 0 Å². The highest BCUT2D eigenvalue weighted by molar-refractivity contribution is 6.32. The summed E-state index contributed by atoms with van der Waals surface area (Å²) in [5.74, 6) is 0.668. The molecule has 0 saturated heterocycles. The first-order valence-electron chi connectivity index (χ1n) is 4.15. The van der Waals surface area contributed by atoms with Gasteiger partial charge >= 0.3 is 0 Å². The molecule has 0 amide bonds. The van der Waals surface area contributed by atoms with Gasteiger partial charge in [-0.25, -0.2) is 0 Å². The van der Waals surface area contributed by atoms with Gasteiger partial charge in [-0.3, -0.25) is 0 Å². The molecule has 72 valence electrons. The van der Waals surface area contributed by atoms with Gasteiger partial charge in [0.2, 0.25) is 0 Å². The Balaban J connectivity index is 2.92. The van der Waals surface area contributed by atoms with Crippen molar-refractivity contribution in [3.8, 4) is 5.75 Å². The van der Waals surface area contributed by atoms with Gasteiger partial charge in [0.15, 0.2) is 0 Å². The van der Waals surface area contributed by atoms with E-state index in [9.17, 15) is 0 Å². The van der Waals surface area contributed by atoms with Crippen LogP contribution in [0.4, 0.5) is 0 Å². The zero-order chi connectivity index (χ0) is 9.84. The van der Waals surface area contributed by atoms with Crippen LogP contribution in [-0.2, 0) is 0 Å². The van der Waals surface area contributed by atoms with Crippen molar-refractivity contribution in [1.82, 2.24) is 0 Å². The van der Waals surface area contributed by atoms with Crippen molar-refractivity contribution < 1.29 is 9.84 Å². The van der Waals surface area contributed by atoms with Crippen molar-refractivity contribution in [1.29, 1.82) is 0 Å². The molecule has 3 heteroatoms. The van der Waals surface area contributed by atoms with Gasteiger partial charge in [0, 0.05) is 0 Å². The maximum Gasteiger partial charge on any atom is 0.140 e. The predicted molar refractivity (Wildman–Crippen MR) is 53.5 cm³/mol. The van der Waals surface area contributed by atoms with E-state index in [1.165, 1.54) is 0 Å². The van der Waals surface area contributed by atoms with E-state index in [2.05, 4.69) is 0 Å². The van der Waals surface area contributed by atoms with Crippen LogP contribution in [0.1, 0.15) is 11.1 Å². The third kappa shape index (κ3) is 2.61. The maximum atomic E-state index is 8.60. The summed E-state index contributed by atoms with van der Waals surface area (Å²) in [5.41, 5.74) is 2.11. The van der Waals surface area contributed by atoms with Gasteiger partial charge in [0.25, 0.3) is 0 Å². The molecule has 1 N–H and O–H groups in total. The van der Waals surface area contributed by atoms with Crippen molar-refractivity contribution in [3.05, 3.63) is 28.3 Å². The van der Waals surface area contributed by atoms with Crippen molar-refractivity contribution in [3.63, 3.8) is 0 Å². The second kappa shape index (κ2) is 4.49. The Bertz CT molecular complexity index is 274. The summed E-state index contributed by atoms with van der Waals surface area (Å²) in [5, 5.41) is 9.20. The average molecular weight is 201 g/mol. The Kier molecular flexibility index (Phi) is 3.58. The molecule has 0 aliphatic heterocycles. The monoisotopic (exact) mass is 200 g/mol. The van der Waals surface area contributed by atoms with E-state index < -0.39 is 0 Å². The molecule has 0 spiro atoms. The summed E-state index contributed by atoms with van der Waals surface area (Å²) in [6.07, 6.45) is 0. The second-order valence-electron chi connectivity index (χ2n) is 2.96. The minimum atomic E-state index is 0.00362. The predicted octanol–water partition coefficient (Wildman–Crippen LogP) is 2.33. The fourth-order valence-electron chi connectivity index (χ4n) is 1.23. The molecule has 0 radical (unpaired) electrons. The SMILES string of the molecule is Cc1cc(C)c(OCCO)c(Cl)c1. The number of halogens is 1. The average Bonchev–Trinajstić information content (AvgIpc) is 2.02. The van der Waals surface area contributed by atoms with Gasteiger partial charge in [-0.15, -0.1) is 0 Å². The number of aliphatic hydroxyl groups excluding tert-OH is 1. The second-order valence-corrected chi connectivity index (χ2v) is 3.37. The zero-order valence-corrected chi connectivity index (χ0v) is 8.56. The molecule has 0 aromatic heterocycles. The van der Waals surface area contributed by atoms with Crippen LogP contribution in [0.15, 0.2) is 12.1 Å². The Hall–Kier alpha value is -0.730. The lowest BCUT2D eigenvalue weighted by atomic mass is 10.1. The van der Waals surface area contributed by atoms with Crippen molar-refractivity contribution in [2.75, 3.05) is 13.2 Å². The highest BCUT2D eigenvalue weighted by Crippen LogP contribution is 2.29. The van der Waals surface area contributed by atoms with Gasteiger partial charge in [-0.1, -0.05) is 17.7 Å². The molecular weight excluding hydrogens is 188 g/mol. The molecule has 0 fully saturated rings. The number of aliphatic hydroxyl groups is 1. The molecular formula is C10H13ClO2. The summed E-state index contributed by atoms with van der Waals surface area (Å²) in [7, 11) is 0. The number of benzene rings is 1. The Morgan fingerprint density at radius 2 is 2.08 bits per heavy atom. The first kappa shape index (κ1) is 10.4. The van der Waals surface area contributed by atoms with Crippen molar-refractivity contribution in [2.24, 2.45) is 0 Å². The third-order valence-corrected chi connectivity index (χ3v) is 1.99. The Labute approximate surface area is 83.1 Å². The molecule has 1 aromatic rings. The van der Waals surface area contributed by atoms with E-state index in [0.29, 0.717) is 10.8 Å². The van der Waals surface area contributed by atoms with Gasteiger partial charge in [-0.05, 0) is 31.0 Å². The van der Waals surface area contributed by atoms with E-state index in [4.69, 9.17) is 21.4 Å². The topological polar surface area (TPSA) is 29.5 Å². The molecule has 2 nitrogen and oxygen atoms in total. The molecule has 0 heterocycles. The fraction of sp³-hybridized carbons (Fsp3) is 0.400. The largest absolute Gasteiger partial charge is 0.489 e. The van der Waals surface area contributed by atoms with Gasteiger partial charge in [-0.2, -0.15) is 0 Å². The van der Waals surface area contributed by atoms with E-state index >= 15 is 0 Å². The molecule has 1 aromatic carbocycles. The van der Waals surface area contributed by atoms with Crippen LogP contribution < -0.4 is 4.74 Å². The highest BCUT2D eigenvalue weighted by Gasteiger charge is 2.05. The summed E-state index contributed by atoms with van der Waals surface area (Å²) < 4.78 is 5.29. The van der Waals surface area contributed by atoms with Crippen LogP contribution in [0.25, 0.3) is 0 Å². The summed E-state index contributed by atoms with van der Waals surface area (Å²) >= 11 is 5.96. The Morgan fingerprint density at radius 1 is 1.38 bits per heavy atom. The minimum absolute atomic E-state index is 0.00362. The van der Waals surface area contributed by atoms with Gasteiger partial charge in [0.1, 0.15) is 12.4 Å². The first-order valence-corrected chi connectivity index (χ1v) is 4.53. The van der Waals surface area contributed by atoms with Crippen LogP contribution in [0.5, 0.6) is 5.75 Å². The Morgan fingerprint density at radius 3 is 2.62 bits per heavy atom. The summed E-state index contributed by atoms with van der Waals surface area (Å²) in [4.78, 5) is 0. The lowest BCUT2D eigenvalue weighted by Gasteiger charge is -2.10. The minimum Gasteiger partial charge on any atom is -0.489 e. The third-order valence-electron chi connectivity index (χ3n) is 1.71. The highest BCUT2D eigenvalue weighted by atomic mass is 35.5. The van der Waals surface area contributed by atoms with Crippen LogP contribution >= 0.6 is 11.6 Å². The summed E-state index contributed by atoms with van der Waals surface area (Å²) in [6, 6.07) is 3.85. The standard InChI is InChI=1S/C10H13ClO2/c1-7-5-8(2)10(9(11)6-7)13-4-3-12/h5-6,12H,3-4H2,1-2H3. The van der Waals surface area contributed by atoms with E-state index in [1.54, 1.807) is 0 Å². The molecule has 0 saturated carbocycles. The first-order chi connectivity index (χ1) is 6.15. The van der Waals surface area contributed by atoms with Gasteiger partial charge < -0.3 is 9.84 Å². The van der Waals surface area contributed by atoms with E-state index in [1.807, 2.05) is 26.0 Å². The summed E-state index contributed by atoms with van der Waals surface area (Å²) in [6.45, 7) is 4.20. The number of aryl methyl sites for hydroxylation is 2. The quantitative estimate of drug-likeness (QED) is 0.812. The molecule has 0 aliphatic rings. The van der Waals surface area contributed by atoms with Crippen molar-refractivity contribution in [2.45, 2.75) is 13.8 Å². The number of ether oxygens (including phenoxy) is 1. The molecule has 0 aliphatic carbocycles. The molecule has 13 heavy (non-hydrogen) atoms. The zero-order valence-electron chi connectivity index (χ0n) is 7.80. The number of rotatable bonds is 3. The molecule has 0 unspecified atom stereocenters. The lowest BCUT2D eigenvalue weighted by molar-refractivity contribution is 0.200. The van der Waals surface area contributed by atoms with E-state index in [0.717, 1.165) is 11.1 Å².